The SMILES string of the molecule is CN1CCC(Nc2nccc(C#N)c2[N+](=O)[O-])CC1. The number of nitriles is 1. The number of piperidine rings is 1. The maximum Gasteiger partial charge on any atom is 0.328 e. The molecule has 1 fully saturated rings. The van der Waals surface area contributed by atoms with Crippen molar-refractivity contribution in [2.45, 2.75) is 18.9 Å². The van der Waals surface area contributed by atoms with E-state index < -0.39 is 4.92 Å². The highest BCUT2D eigenvalue weighted by Crippen LogP contribution is 2.27. The highest BCUT2D eigenvalue weighted by atomic mass is 16.6. The minimum absolute atomic E-state index is 0.0374. The number of pyridine rings is 1. The Morgan fingerprint density at radius 1 is 1.58 bits per heavy atom. The summed E-state index contributed by atoms with van der Waals surface area (Å²) in [5, 5.41) is 23.1. The molecule has 0 saturated carbocycles. The standard InChI is InChI=1S/C12H15N5O2/c1-16-6-3-10(4-7-16)15-12-11(17(18)19)9(8-13)2-5-14-12/h2,5,10H,3-4,6-7H2,1H3,(H,14,15). The van der Waals surface area contributed by atoms with Crippen LogP contribution in [0.25, 0.3) is 0 Å². The number of likely N-dealkylation sites (tertiary alicyclic amines) is 1. The van der Waals surface area contributed by atoms with Crippen molar-refractivity contribution in [1.82, 2.24) is 9.88 Å². The molecule has 0 bridgehead atoms. The first kappa shape index (κ1) is 13.2. The molecule has 7 nitrogen and oxygen atoms in total. The molecule has 1 N–H and O–H groups in total. The van der Waals surface area contributed by atoms with Crippen LogP contribution in [0.4, 0.5) is 11.5 Å². The minimum atomic E-state index is -0.553. The Morgan fingerprint density at radius 2 is 2.26 bits per heavy atom. The largest absolute Gasteiger partial charge is 0.361 e. The summed E-state index contributed by atoms with van der Waals surface area (Å²) in [6.07, 6.45) is 3.24. The molecule has 100 valence electrons. The van der Waals surface area contributed by atoms with Crippen LogP contribution < -0.4 is 5.32 Å². The Morgan fingerprint density at radius 3 is 2.84 bits per heavy atom. The lowest BCUT2D eigenvalue weighted by molar-refractivity contribution is -0.384. The zero-order chi connectivity index (χ0) is 13.8. The van der Waals surface area contributed by atoms with Crippen molar-refractivity contribution in [3.63, 3.8) is 0 Å². The lowest BCUT2D eigenvalue weighted by Gasteiger charge is -2.29. The first-order valence-corrected chi connectivity index (χ1v) is 6.10. The highest BCUT2D eigenvalue weighted by Gasteiger charge is 2.24. The van der Waals surface area contributed by atoms with Gasteiger partial charge in [0.25, 0.3) is 0 Å². The fourth-order valence-electron chi connectivity index (χ4n) is 2.18. The van der Waals surface area contributed by atoms with E-state index in [1.165, 1.54) is 12.3 Å². The van der Waals surface area contributed by atoms with Gasteiger partial charge in [-0.1, -0.05) is 0 Å². The fraction of sp³-hybridized carbons (Fsp3) is 0.500. The third kappa shape index (κ3) is 2.98. The van der Waals surface area contributed by atoms with Crippen LogP contribution in [0.1, 0.15) is 18.4 Å². The molecule has 0 spiro atoms. The first-order chi connectivity index (χ1) is 9.11. The molecule has 0 radical (unpaired) electrons. The number of nitrogens with zero attached hydrogens (tertiary/aromatic N) is 4. The van der Waals surface area contributed by atoms with E-state index in [0.29, 0.717) is 0 Å². The molecule has 19 heavy (non-hydrogen) atoms. The molecule has 0 amide bonds. The van der Waals surface area contributed by atoms with Crippen LogP contribution >= 0.6 is 0 Å². The molecule has 2 rings (SSSR count). The topological polar surface area (TPSA) is 95.1 Å². The molecule has 0 unspecified atom stereocenters. The van der Waals surface area contributed by atoms with E-state index in [1.54, 1.807) is 0 Å². The van der Waals surface area contributed by atoms with Crippen LogP contribution in [0, 0.1) is 21.4 Å². The maximum atomic E-state index is 11.1. The van der Waals surface area contributed by atoms with Crippen molar-refractivity contribution in [3.8, 4) is 6.07 Å². The second kappa shape index (κ2) is 5.63. The van der Waals surface area contributed by atoms with Crippen molar-refractivity contribution in [2.75, 3.05) is 25.5 Å². The van der Waals surface area contributed by atoms with E-state index in [9.17, 15) is 10.1 Å². The van der Waals surface area contributed by atoms with Gasteiger partial charge in [-0.3, -0.25) is 10.1 Å². The van der Waals surface area contributed by atoms with Crippen molar-refractivity contribution in [1.29, 1.82) is 5.26 Å². The number of anilines is 1. The van der Waals surface area contributed by atoms with Gasteiger partial charge in [-0.25, -0.2) is 4.98 Å². The van der Waals surface area contributed by atoms with E-state index in [-0.39, 0.29) is 23.1 Å². The number of nitrogens with one attached hydrogen (secondary N) is 1. The molecule has 1 aromatic rings. The van der Waals surface area contributed by atoms with Crippen LogP contribution in [0.5, 0.6) is 0 Å². The zero-order valence-corrected chi connectivity index (χ0v) is 10.7. The maximum absolute atomic E-state index is 11.1. The number of hydrogen-bond acceptors (Lipinski definition) is 6. The number of aromatic nitrogens is 1. The highest BCUT2D eigenvalue weighted by molar-refractivity contribution is 5.64. The molecule has 0 atom stereocenters. The Labute approximate surface area is 111 Å². The van der Waals surface area contributed by atoms with Crippen LogP contribution in [-0.2, 0) is 0 Å². The predicted molar refractivity (Wildman–Crippen MR) is 69.7 cm³/mol. The summed E-state index contributed by atoms with van der Waals surface area (Å²) >= 11 is 0. The summed E-state index contributed by atoms with van der Waals surface area (Å²) in [6, 6.07) is 3.35. The summed E-state index contributed by atoms with van der Waals surface area (Å²) in [5.41, 5.74) is -0.195. The van der Waals surface area contributed by atoms with Crippen LogP contribution in [0.15, 0.2) is 12.3 Å². The van der Waals surface area contributed by atoms with Crippen LogP contribution in [0.3, 0.4) is 0 Å². The van der Waals surface area contributed by atoms with Gasteiger partial charge in [0, 0.05) is 12.2 Å². The number of nitro groups is 1. The Balaban J connectivity index is 2.21. The van der Waals surface area contributed by atoms with E-state index >= 15 is 0 Å². The Kier molecular flexibility index (Phi) is 3.92. The molecule has 7 heteroatoms. The minimum Gasteiger partial charge on any atom is -0.361 e. The third-order valence-electron chi connectivity index (χ3n) is 3.29. The average molecular weight is 261 g/mol. The third-order valence-corrected chi connectivity index (χ3v) is 3.29. The summed E-state index contributed by atoms with van der Waals surface area (Å²) in [4.78, 5) is 16.7. The Hall–Kier alpha value is -2.20. The van der Waals surface area contributed by atoms with Crippen molar-refractivity contribution in [2.24, 2.45) is 0 Å². The van der Waals surface area contributed by atoms with Crippen LogP contribution in [-0.4, -0.2) is 41.0 Å². The molecular formula is C12H15N5O2. The van der Waals surface area contributed by atoms with Crippen LogP contribution in [0.2, 0.25) is 0 Å². The normalized spacial score (nSPS) is 16.8. The molecular weight excluding hydrogens is 246 g/mol. The van der Waals surface area contributed by atoms with Gasteiger partial charge in [0.2, 0.25) is 5.82 Å². The van der Waals surface area contributed by atoms with Crippen molar-refractivity contribution >= 4 is 11.5 Å². The molecule has 1 aliphatic heterocycles. The monoisotopic (exact) mass is 261 g/mol. The van der Waals surface area contributed by atoms with E-state index in [2.05, 4.69) is 15.2 Å². The van der Waals surface area contributed by atoms with Gasteiger partial charge >= 0.3 is 5.69 Å². The summed E-state index contributed by atoms with van der Waals surface area (Å²) in [7, 11) is 2.05. The second-order valence-electron chi connectivity index (χ2n) is 4.65. The van der Waals surface area contributed by atoms with E-state index in [4.69, 9.17) is 5.26 Å². The van der Waals surface area contributed by atoms with E-state index in [1.807, 2.05) is 13.1 Å². The summed E-state index contributed by atoms with van der Waals surface area (Å²) < 4.78 is 0. The molecule has 0 aliphatic carbocycles. The van der Waals surface area contributed by atoms with Gasteiger partial charge in [-0.05, 0) is 39.0 Å². The summed E-state index contributed by atoms with van der Waals surface area (Å²) in [6.45, 7) is 1.90. The smallest absolute Gasteiger partial charge is 0.328 e. The summed E-state index contributed by atoms with van der Waals surface area (Å²) in [5.74, 6) is 0.193. The van der Waals surface area contributed by atoms with E-state index in [0.717, 1.165) is 25.9 Å². The quantitative estimate of drug-likeness (QED) is 0.652. The predicted octanol–water partition coefficient (Wildman–Crippen LogP) is 1.37. The molecule has 1 aromatic heterocycles. The lowest BCUT2D eigenvalue weighted by atomic mass is 10.1. The van der Waals surface area contributed by atoms with Gasteiger partial charge in [0.15, 0.2) is 0 Å². The fourth-order valence-corrected chi connectivity index (χ4v) is 2.18. The Bertz CT molecular complexity index is 517. The lowest BCUT2D eigenvalue weighted by Crippen LogP contribution is -2.37. The molecule has 0 aromatic carbocycles. The molecule has 1 saturated heterocycles. The number of hydrogen-bond donors (Lipinski definition) is 1. The average Bonchev–Trinajstić information content (AvgIpc) is 2.40. The first-order valence-electron chi connectivity index (χ1n) is 6.10. The van der Waals surface area contributed by atoms with Gasteiger partial charge in [0.1, 0.15) is 11.6 Å². The zero-order valence-electron chi connectivity index (χ0n) is 10.7. The number of rotatable bonds is 3. The molecule has 2 heterocycles. The van der Waals surface area contributed by atoms with Crippen molar-refractivity contribution < 1.29 is 4.92 Å². The van der Waals surface area contributed by atoms with Gasteiger partial charge in [-0.15, -0.1) is 0 Å². The van der Waals surface area contributed by atoms with Gasteiger partial charge in [0.05, 0.1) is 4.92 Å². The van der Waals surface area contributed by atoms with Gasteiger partial charge in [-0.2, -0.15) is 5.26 Å². The van der Waals surface area contributed by atoms with Crippen molar-refractivity contribution in [3.05, 3.63) is 27.9 Å². The second-order valence-corrected chi connectivity index (χ2v) is 4.65. The molecule has 1 aliphatic rings. The van der Waals surface area contributed by atoms with Gasteiger partial charge < -0.3 is 10.2 Å².